The predicted molar refractivity (Wildman–Crippen MR) is 198 cm³/mol. The van der Waals surface area contributed by atoms with E-state index in [0.29, 0.717) is 23.8 Å². The Balaban J connectivity index is 1.26. The van der Waals surface area contributed by atoms with E-state index in [0.717, 1.165) is 48.7 Å². The van der Waals surface area contributed by atoms with Crippen LogP contribution < -0.4 is 14.2 Å². The molecule has 0 bridgehead atoms. The molecule has 0 radical (unpaired) electrons. The minimum atomic E-state index is -0.707. The van der Waals surface area contributed by atoms with Crippen molar-refractivity contribution < 1.29 is 28.5 Å². The first-order valence-corrected chi connectivity index (χ1v) is 18.3. The zero-order chi connectivity index (χ0) is 35.6. The van der Waals surface area contributed by atoms with Crippen molar-refractivity contribution in [1.82, 2.24) is 0 Å². The molecule has 2 aromatic rings. The summed E-state index contributed by atoms with van der Waals surface area (Å²) in [5, 5.41) is 0. The van der Waals surface area contributed by atoms with Crippen LogP contribution in [-0.2, 0) is 14.3 Å². The molecule has 0 heterocycles. The number of benzene rings is 2. The van der Waals surface area contributed by atoms with Gasteiger partial charge in [-0.1, -0.05) is 45.1 Å². The van der Waals surface area contributed by atoms with Gasteiger partial charge in [-0.05, 0) is 146 Å². The molecule has 0 atom stereocenters. The van der Waals surface area contributed by atoms with E-state index < -0.39 is 17.2 Å². The van der Waals surface area contributed by atoms with Crippen LogP contribution in [0, 0.1) is 17.8 Å². The van der Waals surface area contributed by atoms with Crippen LogP contribution in [0.3, 0.4) is 0 Å². The molecule has 49 heavy (non-hydrogen) atoms. The van der Waals surface area contributed by atoms with Crippen molar-refractivity contribution in [2.24, 2.45) is 17.8 Å². The monoisotopic (exact) mass is 670 g/mol. The van der Waals surface area contributed by atoms with E-state index in [-0.39, 0.29) is 17.8 Å². The lowest BCUT2D eigenvalue weighted by Gasteiger charge is -2.34. The number of carbonyl (C=O) groups excluding carboxylic acids is 2. The number of carbonyl (C=O) groups is 2. The Morgan fingerprint density at radius 1 is 0.816 bits per heavy atom. The maximum Gasteiger partial charge on any atom is 0.330 e. The van der Waals surface area contributed by atoms with Gasteiger partial charge in [0, 0.05) is 24.0 Å². The molecular weight excluding hydrogens is 612 g/mol. The molecule has 0 N–H and O–H groups in total. The van der Waals surface area contributed by atoms with E-state index in [1.54, 1.807) is 0 Å². The molecule has 0 saturated heterocycles. The molecule has 0 aliphatic heterocycles. The van der Waals surface area contributed by atoms with Gasteiger partial charge in [-0.25, -0.2) is 4.79 Å². The topological polar surface area (TPSA) is 71.1 Å². The molecule has 2 aliphatic carbocycles. The van der Waals surface area contributed by atoms with Crippen LogP contribution in [0.4, 0.5) is 0 Å². The fourth-order valence-corrected chi connectivity index (χ4v) is 7.89. The Morgan fingerprint density at radius 3 is 2.04 bits per heavy atom. The highest BCUT2D eigenvalue weighted by atomic mass is 16.6. The molecule has 6 nitrogen and oxygen atoms in total. The summed E-state index contributed by atoms with van der Waals surface area (Å²) in [5.74, 6) is 3.91. The fourth-order valence-electron chi connectivity index (χ4n) is 7.89. The molecule has 266 valence electrons. The molecular formula is C43H58O6. The van der Waals surface area contributed by atoms with Gasteiger partial charge in [-0.2, -0.15) is 0 Å². The van der Waals surface area contributed by atoms with E-state index in [2.05, 4.69) is 32.2 Å². The van der Waals surface area contributed by atoms with Crippen LogP contribution in [0.1, 0.15) is 129 Å². The van der Waals surface area contributed by atoms with Crippen molar-refractivity contribution in [3.8, 4) is 17.2 Å². The number of esters is 2. The second-order valence-electron chi connectivity index (χ2n) is 15.2. The number of hydrogen-bond acceptors (Lipinski definition) is 6. The standard InChI is InChI=1S/C43H58O6/c1-9-13-30-14-16-32(17-15-30)35-22-27-39(31(10-2)28-35)47-41(45)34-20-18-33(19-21-34)38(11-3)46-36-23-25-37(26-24-36)48-42(5,6)29-43(7,8)49-40(44)12-4/h10-12,22-28,30,32-34H,2,4,9,13-21,29H2,1,3,5-8H3/b38-11+. The first-order valence-electron chi connectivity index (χ1n) is 18.3. The SMILES string of the molecule is C=CC(=O)OC(C)(C)CC(C)(C)Oc1ccc(O/C(=C/C)C2CCC(C(=O)Oc3ccc(C4CCC(CCC)CC4)cc3C=C)CC2)cc1. The third kappa shape index (κ3) is 11.1. The summed E-state index contributed by atoms with van der Waals surface area (Å²) < 4.78 is 24.1. The summed E-state index contributed by atoms with van der Waals surface area (Å²) >= 11 is 0. The highest BCUT2D eigenvalue weighted by Crippen LogP contribution is 2.40. The van der Waals surface area contributed by atoms with Crippen molar-refractivity contribution in [2.45, 2.75) is 129 Å². The smallest absolute Gasteiger partial charge is 0.330 e. The molecule has 2 saturated carbocycles. The number of rotatable bonds is 15. The van der Waals surface area contributed by atoms with Crippen molar-refractivity contribution in [3.05, 3.63) is 84.7 Å². The molecule has 0 unspecified atom stereocenters. The number of hydrogen-bond donors (Lipinski definition) is 0. The molecule has 6 heteroatoms. The predicted octanol–water partition coefficient (Wildman–Crippen LogP) is 11.2. The molecule has 0 amide bonds. The van der Waals surface area contributed by atoms with Gasteiger partial charge in [0.25, 0.3) is 0 Å². The first-order chi connectivity index (χ1) is 23.3. The second kappa shape index (κ2) is 17.2. The van der Waals surface area contributed by atoms with Crippen molar-refractivity contribution >= 4 is 18.0 Å². The highest BCUT2D eigenvalue weighted by molar-refractivity contribution is 5.81. The number of allylic oxidation sites excluding steroid dienone is 2. The second-order valence-corrected chi connectivity index (χ2v) is 15.2. The van der Waals surface area contributed by atoms with Crippen LogP contribution in [-0.4, -0.2) is 23.1 Å². The average Bonchev–Trinajstić information content (AvgIpc) is 3.07. The third-order valence-electron chi connectivity index (χ3n) is 10.1. The van der Waals surface area contributed by atoms with Crippen LogP contribution >= 0.6 is 0 Å². The maximum atomic E-state index is 13.3. The van der Waals surface area contributed by atoms with Crippen molar-refractivity contribution in [3.63, 3.8) is 0 Å². The Labute approximate surface area is 294 Å². The lowest BCUT2D eigenvalue weighted by atomic mass is 9.77. The molecule has 0 spiro atoms. The van der Waals surface area contributed by atoms with Crippen molar-refractivity contribution in [1.29, 1.82) is 0 Å². The molecule has 2 fully saturated rings. The van der Waals surface area contributed by atoms with Gasteiger partial charge in [0.15, 0.2) is 0 Å². The average molecular weight is 671 g/mol. The molecule has 0 aromatic heterocycles. The summed E-state index contributed by atoms with van der Waals surface area (Å²) in [7, 11) is 0. The quantitative estimate of drug-likeness (QED) is 0.0813. The zero-order valence-electron chi connectivity index (χ0n) is 30.7. The van der Waals surface area contributed by atoms with Crippen molar-refractivity contribution in [2.75, 3.05) is 0 Å². The lowest BCUT2D eigenvalue weighted by Crippen LogP contribution is -2.40. The van der Waals surface area contributed by atoms with Gasteiger partial charge in [-0.3, -0.25) is 4.79 Å². The normalized spacial score (nSPS) is 21.7. The van der Waals surface area contributed by atoms with Crippen LogP contribution in [0.25, 0.3) is 6.08 Å². The Hall–Kier alpha value is -3.80. The Kier molecular flexibility index (Phi) is 13.4. The zero-order valence-corrected chi connectivity index (χ0v) is 30.7. The van der Waals surface area contributed by atoms with E-state index in [9.17, 15) is 9.59 Å². The summed E-state index contributed by atoms with van der Waals surface area (Å²) in [4.78, 5) is 25.0. The molecule has 4 rings (SSSR count). The van der Waals surface area contributed by atoms with Crippen LogP contribution in [0.15, 0.2) is 73.5 Å². The molecule has 2 aromatic carbocycles. The largest absolute Gasteiger partial charge is 0.488 e. The van der Waals surface area contributed by atoms with Crippen LogP contribution in [0.2, 0.25) is 0 Å². The van der Waals surface area contributed by atoms with Gasteiger partial charge in [0.2, 0.25) is 0 Å². The maximum absolute atomic E-state index is 13.3. The van der Waals surface area contributed by atoms with E-state index in [4.69, 9.17) is 18.9 Å². The minimum Gasteiger partial charge on any atom is -0.488 e. The van der Waals surface area contributed by atoms with E-state index in [1.165, 1.54) is 50.2 Å². The number of ether oxygens (including phenoxy) is 4. The fraction of sp³-hybridized carbons (Fsp3) is 0.535. The van der Waals surface area contributed by atoms with Gasteiger partial charge >= 0.3 is 11.9 Å². The van der Waals surface area contributed by atoms with Crippen LogP contribution in [0.5, 0.6) is 17.2 Å². The minimum absolute atomic E-state index is 0.134. The Bertz CT molecular complexity index is 1450. The van der Waals surface area contributed by atoms with E-state index in [1.807, 2.05) is 77.1 Å². The van der Waals surface area contributed by atoms with Gasteiger partial charge in [-0.15, -0.1) is 0 Å². The third-order valence-corrected chi connectivity index (χ3v) is 10.1. The van der Waals surface area contributed by atoms with Gasteiger partial charge in [0.05, 0.1) is 5.92 Å². The lowest BCUT2D eigenvalue weighted by molar-refractivity contribution is -0.154. The molecule has 2 aliphatic rings. The Morgan fingerprint density at radius 2 is 1.45 bits per heavy atom. The summed E-state index contributed by atoms with van der Waals surface area (Å²) in [6, 6.07) is 13.9. The summed E-state index contributed by atoms with van der Waals surface area (Å²) in [6.45, 7) is 19.4. The first kappa shape index (κ1) is 38.0. The summed E-state index contributed by atoms with van der Waals surface area (Å²) in [6.07, 6.45) is 16.4. The van der Waals surface area contributed by atoms with E-state index >= 15 is 0 Å². The highest BCUT2D eigenvalue weighted by Gasteiger charge is 2.34. The van der Waals surface area contributed by atoms with Gasteiger partial charge in [0.1, 0.15) is 34.2 Å². The summed E-state index contributed by atoms with van der Waals surface area (Å²) in [5.41, 5.74) is 0.951. The van der Waals surface area contributed by atoms with Gasteiger partial charge < -0.3 is 18.9 Å².